The van der Waals surface area contributed by atoms with Crippen LogP contribution in [0.15, 0.2) is 0 Å². The average Bonchev–Trinajstić information content (AvgIpc) is 2.86. The largest absolute Gasteiger partial charge is 0.360 e. The van der Waals surface area contributed by atoms with E-state index in [4.69, 9.17) is 0 Å². The predicted octanol–water partition coefficient (Wildman–Crippen LogP) is 4.29. The van der Waals surface area contributed by atoms with Crippen LogP contribution in [-0.2, 0) is 0 Å². The molecule has 0 radical (unpaired) electrons. The third kappa shape index (κ3) is 3.67. The van der Waals surface area contributed by atoms with E-state index in [-0.39, 0.29) is 0 Å². The van der Waals surface area contributed by atoms with E-state index >= 15 is 0 Å². The minimum absolute atomic E-state index is 0.428. The maximum Gasteiger partial charge on any atom is 0.202 e. The van der Waals surface area contributed by atoms with Crippen molar-refractivity contribution in [3.8, 4) is 0 Å². The summed E-state index contributed by atoms with van der Waals surface area (Å²) in [4.78, 5) is 4.52. The Kier molecular flexibility index (Phi) is 4.98. The molecular weight excluding hydrogens is 242 g/mol. The Labute approximate surface area is 115 Å². The van der Waals surface area contributed by atoms with Gasteiger partial charge in [0.15, 0.2) is 0 Å². The van der Waals surface area contributed by atoms with Gasteiger partial charge in [-0.15, -0.1) is 0 Å². The van der Waals surface area contributed by atoms with E-state index in [1.165, 1.54) is 43.6 Å². The minimum atomic E-state index is 0.428. The van der Waals surface area contributed by atoms with Gasteiger partial charge in [-0.3, -0.25) is 0 Å². The zero-order valence-electron chi connectivity index (χ0n) is 11.8. The zero-order chi connectivity index (χ0) is 13.0. The van der Waals surface area contributed by atoms with Crippen molar-refractivity contribution in [3.63, 3.8) is 0 Å². The van der Waals surface area contributed by atoms with Crippen molar-refractivity contribution in [3.05, 3.63) is 5.82 Å². The Morgan fingerprint density at radius 2 is 1.89 bits per heavy atom. The third-order valence-corrected chi connectivity index (χ3v) is 4.73. The number of nitrogens with one attached hydrogen (secondary N) is 1. The predicted molar refractivity (Wildman–Crippen MR) is 78.2 cm³/mol. The van der Waals surface area contributed by atoms with Crippen molar-refractivity contribution < 1.29 is 0 Å². The summed E-state index contributed by atoms with van der Waals surface area (Å²) in [5.41, 5.74) is 0. The molecule has 1 aromatic rings. The zero-order valence-corrected chi connectivity index (χ0v) is 12.6. The molecule has 0 aliphatic heterocycles. The molecule has 2 rings (SSSR count). The molecule has 4 heteroatoms. The molecule has 0 bridgehead atoms. The molecule has 0 aromatic carbocycles. The van der Waals surface area contributed by atoms with Gasteiger partial charge in [-0.2, -0.15) is 4.37 Å². The van der Waals surface area contributed by atoms with Crippen molar-refractivity contribution >= 4 is 16.7 Å². The molecule has 102 valence electrons. The van der Waals surface area contributed by atoms with E-state index < -0.39 is 0 Å². The topological polar surface area (TPSA) is 37.8 Å². The lowest BCUT2D eigenvalue weighted by atomic mass is 9.81. The first kappa shape index (κ1) is 13.8. The van der Waals surface area contributed by atoms with Crippen LogP contribution in [0, 0.1) is 11.8 Å². The van der Waals surface area contributed by atoms with E-state index in [2.05, 4.69) is 35.4 Å². The Morgan fingerprint density at radius 3 is 2.44 bits per heavy atom. The quantitative estimate of drug-likeness (QED) is 0.864. The van der Waals surface area contributed by atoms with Gasteiger partial charge in [-0.25, -0.2) is 4.98 Å². The van der Waals surface area contributed by atoms with E-state index in [0.717, 1.165) is 29.3 Å². The number of anilines is 1. The highest BCUT2D eigenvalue weighted by Gasteiger charge is 2.20. The highest BCUT2D eigenvalue weighted by atomic mass is 32.1. The Hall–Kier alpha value is -0.640. The molecule has 0 unspecified atom stereocenters. The third-order valence-electron chi connectivity index (χ3n) is 4.04. The fraction of sp³-hybridized carbons (Fsp3) is 0.857. The Bertz CT molecular complexity index is 354. The molecule has 0 spiro atoms. The Balaban J connectivity index is 1.74. The van der Waals surface area contributed by atoms with Crippen molar-refractivity contribution in [2.45, 2.75) is 58.8 Å². The lowest BCUT2D eigenvalue weighted by molar-refractivity contribution is 0.278. The van der Waals surface area contributed by atoms with Crippen molar-refractivity contribution in [1.29, 1.82) is 0 Å². The summed E-state index contributed by atoms with van der Waals surface area (Å²) in [5, 5.41) is 4.46. The van der Waals surface area contributed by atoms with Gasteiger partial charge in [0.05, 0.1) is 0 Å². The highest BCUT2D eigenvalue weighted by Crippen LogP contribution is 2.30. The van der Waals surface area contributed by atoms with Crippen LogP contribution in [0.5, 0.6) is 0 Å². The molecule has 18 heavy (non-hydrogen) atoms. The van der Waals surface area contributed by atoms with Crippen LogP contribution >= 0.6 is 11.5 Å². The van der Waals surface area contributed by atoms with Gasteiger partial charge in [-0.05, 0) is 24.7 Å². The molecule has 0 saturated heterocycles. The molecule has 1 N–H and O–H groups in total. The maximum atomic E-state index is 4.52. The van der Waals surface area contributed by atoms with Gasteiger partial charge in [0.2, 0.25) is 5.13 Å². The minimum Gasteiger partial charge on any atom is -0.360 e. The lowest BCUT2D eigenvalue weighted by Gasteiger charge is -2.27. The first-order chi connectivity index (χ1) is 8.69. The fourth-order valence-corrected chi connectivity index (χ4v) is 3.33. The van der Waals surface area contributed by atoms with Gasteiger partial charge in [0.25, 0.3) is 0 Å². The van der Waals surface area contributed by atoms with Gasteiger partial charge in [0.1, 0.15) is 5.82 Å². The number of rotatable bonds is 5. The molecular formula is C14H25N3S. The normalized spacial score (nSPS) is 24.4. The first-order valence-electron chi connectivity index (χ1n) is 7.26. The molecule has 1 aromatic heterocycles. The molecule has 3 nitrogen and oxygen atoms in total. The van der Waals surface area contributed by atoms with Crippen LogP contribution in [0.25, 0.3) is 0 Å². The van der Waals surface area contributed by atoms with Crippen LogP contribution in [0.2, 0.25) is 0 Å². The molecule has 1 aliphatic carbocycles. The number of hydrogen-bond donors (Lipinski definition) is 1. The molecule has 1 fully saturated rings. The van der Waals surface area contributed by atoms with Gasteiger partial charge >= 0.3 is 0 Å². The maximum absolute atomic E-state index is 4.52. The van der Waals surface area contributed by atoms with E-state index in [1.807, 2.05) is 0 Å². The standard InChI is InChI=1S/C14H25N3S/c1-4-11-5-7-12(8-6-11)9-15-14-16-13(10(2)3)17-18-14/h10-12H,4-9H2,1-3H3,(H,15,16,17). The second-order valence-corrected chi connectivity index (χ2v) is 6.54. The van der Waals surface area contributed by atoms with Crippen LogP contribution in [-0.4, -0.2) is 15.9 Å². The van der Waals surface area contributed by atoms with E-state index in [1.54, 1.807) is 0 Å². The number of hydrogen-bond acceptors (Lipinski definition) is 4. The molecule has 0 atom stereocenters. The average molecular weight is 267 g/mol. The van der Waals surface area contributed by atoms with Crippen LogP contribution in [0.4, 0.5) is 5.13 Å². The SMILES string of the molecule is CCC1CCC(CNc2nc(C(C)C)ns2)CC1. The second kappa shape index (κ2) is 6.50. The Morgan fingerprint density at radius 1 is 1.22 bits per heavy atom. The molecule has 1 aliphatic rings. The van der Waals surface area contributed by atoms with Crippen molar-refractivity contribution in [2.75, 3.05) is 11.9 Å². The lowest BCUT2D eigenvalue weighted by Crippen LogP contribution is -2.20. The van der Waals surface area contributed by atoms with Crippen molar-refractivity contribution in [2.24, 2.45) is 11.8 Å². The van der Waals surface area contributed by atoms with Crippen molar-refractivity contribution in [1.82, 2.24) is 9.36 Å². The second-order valence-electron chi connectivity index (χ2n) is 5.79. The monoisotopic (exact) mass is 267 g/mol. The van der Waals surface area contributed by atoms with Gasteiger partial charge in [-0.1, -0.05) is 40.0 Å². The highest BCUT2D eigenvalue weighted by molar-refractivity contribution is 7.09. The molecule has 0 amide bonds. The summed E-state index contributed by atoms with van der Waals surface area (Å²) in [7, 11) is 0. The van der Waals surface area contributed by atoms with E-state index in [9.17, 15) is 0 Å². The summed E-state index contributed by atoms with van der Waals surface area (Å²) >= 11 is 1.50. The van der Waals surface area contributed by atoms with Gasteiger partial charge in [0, 0.05) is 24.0 Å². The summed E-state index contributed by atoms with van der Waals surface area (Å²) < 4.78 is 4.37. The van der Waals surface area contributed by atoms with Crippen LogP contribution in [0.1, 0.15) is 64.6 Å². The van der Waals surface area contributed by atoms with Gasteiger partial charge < -0.3 is 5.32 Å². The van der Waals surface area contributed by atoms with E-state index in [0.29, 0.717) is 5.92 Å². The summed E-state index contributed by atoms with van der Waals surface area (Å²) in [6, 6.07) is 0. The first-order valence-corrected chi connectivity index (χ1v) is 8.03. The molecule has 1 heterocycles. The molecule has 1 saturated carbocycles. The van der Waals surface area contributed by atoms with Crippen LogP contribution in [0.3, 0.4) is 0 Å². The smallest absolute Gasteiger partial charge is 0.202 e. The number of nitrogens with zero attached hydrogens (tertiary/aromatic N) is 2. The number of aromatic nitrogens is 2. The fourth-order valence-electron chi connectivity index (χ4n) is 2.62. The summed E-state index contributed by atoms with van der Waals surface area (Å²) in [5.74, 6) is 3.21. The van der Waals surface area contributed by atoms with Crippen LogP contribution < -0.4 is 5.32 Å². The summed E-state index contributed by atoms with van der Waals surface area (Å²) in [6.07, 6.45) is 6.93. The summed E-state index contributed by atoms with van der Waals surface area (Å²) in [6.45, 7) is 7.66.